The quantitative estimate of drug-likeness (QED) is 0.207. The van der Waals surface area contributed by atoms with E-state index in [0.29, 0.717) is 15.9 Å². The minimum Gasteiger partial charge on any atom is -0.357 e. The maximum atomic E-state index is 14.3. The van der Waals surface area contributed by atoms with Gasteiger partial charge in [-0.15, -0.1) is 0 Å². The van der Waals surface area contributed by atoms with Gasteiger partial charge in [0.05, 0.1) is 21.2 Å². The van der Waals surface area contributed by atoms with E-state index >= 15 is 0 Å². The fourth-order valence-corrected chi connectivity index (χ4v) is 6.40. The monoisotopic (exact) mass is 657 g/mol. The number of carbonyl (C=O) groups excluding carboxylic acids is 2. The van der Waals surface area contributed by atoms with Crippen LogP contribution in [-0.2, 0) is 38.8 Å². The molecular weight excluding hydrogens is 627 g/mol. The van der Waals surface area contributed by atoms with E-state index in [9.17, 15) is 31.2 Å². The number of anilines is 1. The Hall–Kier alpha value is -4.35. The molecule has 0 aliphatic rings. The molecule has 0 aromatic heterocycles. The number of amides is 2. The zero-order chi connectivity index (χ0) is 32.8. The van der Waals surface area contributed by atoms with Crippen molar-refractivity contribution in [2.75, 3.05) is 17.9 Å². The lowest BCUT2D eigenvalue weighted by atomic mass is 10.0. The maximum absolute atomic E-state index is 14.3. The van der Waals surface area contributed by atoms with Gasteiger partial charge in [0.1, 0.15) is 12.6 Å². The van der Waals surface area contributed by atoms with E-state index in [-0.39, 0.29) is 17.9 Å². The highest BCUT2D eigenvalue weighted by Crippen LogP contribution is 2.38. The molecule has 7 nitrogen and oxygen atoms in total. The molecule has 0 heterocycles. The highest BCUT2D eigenvalue weighted by Gasteiger charge is 2.37. The van der Waals surface area contributed by atoms with Crippen LogP contribution in [0.3, 0.4) is 0 Å². The van der Waals surface area contributed by atoms with Crippen LogP contribution in [0.5, 0.6) is 0 Å². The molecule has 0 saturated carbocycles. The van der Waals surface area contributed by atoms with Gasteiger partial charge in [0.15, 0.2) is 0 Å². The predicted octanol–water partition coefficient (Wildman–Crippen LogP) is 6.25. The van der Waals surface area contributed by atoms with Crippen LogP contribution in [0.2, 0.25) is 5.02 Å². The molecule has 45 heavy (non-hydrogen) atoms. The lowest BCUT2D eigenvalue weighted by Crippen LogP contribution is -2.53. The minimum absolute atomic E-state index is 0.0717. The van der Waals surface area contributed by atoms with Gasteiger partial charge in [-0.1, -0.05) is 90.0 Å². The number of sulfonamides is 1. The Labute approximate surface area is 265 Å². The SMILES string of the molecule is CNC(=O)C(Cc1ccccc1)N(Cc1ccc(C)cc1)C(=O)CN(c1ccc(Cl)c(C(F)(F)F)c1)S(=O)(=O)c1ccccc1. The molecule has 0 bridgehead atoms. The standard InChI is InChI=1S/C33H31ClF3N3O4S/c1-23-13-15-25(16-14-23)21-39(30(32(42)38-2)19-24-9-5-3-6-10-24)31(41)22-40(45(43,44)27-11-7-4-8-12-27)26-17-18-29(34)28(20-26)33(35,36)37/h3-18,20,30H,19,21-22H2,1-2H3,(H,38,42). The highest BCUT2D eigenvalue weighted by atomic mass is 35.5. The number of carbonyl (C=O) groups is 2. The Kier molecular flexibility index (Phi) is 10.6. The Morgan fingerprint density at radius 2 is 1.47 bits per heavy atom. The highest BCUT2D eigenvalue weighted by molar-refractivity contribution is 7.92. The fourth-order valence-electron chi connectivity index (χ4n) is 4.74. The first-order valence-corrected chi connectivity index (χ1v) is 15.7. The van der Waals surface area contributed by atoms with E-state index in [1.54, 1.807) is 48.5 Å². The summed E-state index contributed by atoms with van der Waals surface area (Å²) in [7, 11) is -3.15. The summed E-state index contributed by atoms with van der Waals surface area (Å²) >= 11 is 5.84. The van der Waals surface area contributed by atoms with E-state index in [1.165, 1.54) is 36.2 Å². The average Bonchev–Trinajstić information content (AvgIpc) is 3.02. The van der Waals surface area contributed by atoms with Gasteiger partial charge in [-0.3, -0.25) is 13.9 Å². The van der Waals surface area contributed by atoms with Crippen molar-refractivity contribution in [2.45, 2.75) is 37.0 Å². The molecule has 12 heteroatoms. The minimum atomic E-state index is -4.89. The van der Waals surface area contributed by atoms with Crippen molar-refractivity contribution in [3.8, 4) is 0 Å². The van der Waals surface area contributed by atoms with E-state index in [2.05, 4.69) is 5.32 Å². The molecule has 2 amide bonds. The zero-order valence-corrected chi connectivity index (χ0v) is 26.0. The van der Waals surface area contributed by atoms with E-state index in [0.717, 1.165) is 23.3 Å². The molecule has 0 spiro atoms. The van der Waals surface area contributed by atoms with Crippen LogP contribution in [0.1, 0.15) is 22.3 Å². The number of hydrogen-bond acceptors (Lipinski definition) is 4. The normalized spacial score (nSPS) is 12.3. The summed E-state index contributed by atoms with van der Waals surface area (Å²) in [6.45, 7) is 0.922. The molecule has 4 aromatic rings. The predicted molar refractivity (Wildman–Crippen MR) is 167 cm³/mol. The van der Waals surface area contributed by atoms with Crippen LogP contribution in [0.4, 0.5) is 18.9 Å². The lowest BCUT2D eigenvalue weighted by molar-refractivity contribution is -0.139. The number of nitrogens with one attached hydrogen (secondary N) is 1. The largest absolute Gasteiger partial charge is 0.417 e. The number of alkyl halides is 3. The average molecular weight is 658 g/mol. The third-order valence-corrected chi connectivity index (χ3v) is 9.26. The topological polar surface area (TPSA) is 86.8 Å². The summed E-state index contributed by atoms with van der Waals surface area (Å²) in [4.78, 5) is 28.6. The number of nitrogens with zero attached hydrogens (tertiary/aromatic N) is 2. The molecule has 1 unspecified atom stereocenters. The van der Waals surface area contributed by atoms with Crippen molar-refractivity contribution in [1.29, 1.82) is 0 Å². The van der Waals surface area contributed by atoms with Crippen molar-refractivity contribution >= 4 is 39.1 Å². The summed E-state index contributed by atoms with van der Waals surface area (Å²) in [6.07, 6.45) is -4.79. The molecule has 4 aromatic carbocycles. The van der Waals surface area contributed by atoms with Crippen molar-refractivity contribution in [3.63, 3.8) is 0 Å². The van der Waals surface area contributed by atoms with E-state index < -0.39 is 56.9 Å². The number of hydrogen-bond donors (Lipinski definition) is 1. The van der Waals surface area contributed by atoms with Crippen LogP contribution in [0, 0.1) is 6.92 Å². The van der Waals surface area contributed by atoms with Crippen molar-refractivity contribution < 1.29 is 31.2 Å². The van der Waals surface area contributed by atoms with Gasteiger partial charge in [-0.25, -0.2) is 8.42 Å². The Morgan fingerprint density at radius 3 is 2.04 bits per heavy atom. The Balaban J connectivity index is 1.83. The van der Waals surface area contributed by atoms with Crippen molar-refractivity contribution in [2.24, 2.45) is 0 Å². The molecule has 0 fully saturated rings. The number of rotatable bonds is 11. The van der Waals surface area contributed by atoms with Gasteiger partial charge in [0, 0.05) is 20.0 Å². The first-order valence-electron chi connectivity index (χ1n) is 13.9. The molecule has 0 saturated heterocycles. The van der Waals surface area contributed by atoms with Crippen molar-refractivity contribution in [3.05, 3.63) is 130 Å². The summed E-state index contributed by atoms with van der Waals surface area (Å²) < 4.78 is 70.0. The van der Waals surface area contributed by atoms with Crippen LogP contribution < -0.4 is 9.62 Å². The van der Waals surface area contributed by atoms with Gasteiger partial charge in [-0.2, -0.15) is 13.2 Å². The van der Waals surface area contributed by atoms with Gasteiger partial charge in [0.2, 0.25) is 11.8 Å². The summed E-state index contributed by atoms with van der Waals surface area (Å²) in [5.41, 5.74) is 0.699. The first-order chi connectivity index (χ1) is 21.3. The summed E-state index contributed by atoms with van der Waals surface area (Å²) in [5.74, 6) is -1.30. The zero-order valence-electron chi connectivity index (χ0n) is 24.5. The van der Waals surface area contributed by atoms with Gasteiger partial charge >= 0.3 is 6.18 Å². The van der Waals surface area contributed by atoms with E-state index in [1.807, 2.05) is 19.1 Å². The molecule has 1 N–H and O–H groups in total. The van der Waals surface area contributed by atoms with Crippen molar-refractivity contribution in [1.82, 2.24) is 10.2 Å². The molecule has 0 aliphatic heterocycles. The Bertz CT molecular complexity index is 1740. The van der Waals surface area contributed by atoms with Gasteiger partial charge in [0.25, 0.3) is 10.0 Å². The molecule has 1 atom stereocenters. The first kappa shape index (κ1) is 33.5. The summed E-state index contributed by atoms with van der Waals surface area (Å²) in [6, 6.07) is 24.8. The fraction of sp³-hybridized carbons (Fsp3) is 0.212. The second-order valence-electron chi connectivity index (χ2n) is 10.3. The van der Waals surface area contributed by atoms with Crippen LogP contribution >= 0.6 is 11.6 Å². The third-order valence-electron chi connectivity index (χ3n) is 7.14. The lowest BCUT2D eigenvalue weighted by Gasteiger charge is -2.33. The van der Waals surface area contributed by atoms with Crippen LogP contribution in [-0.4, -0.2) is 44.8 Å². The smallest absolute Gasteiger partial charge is 0.357 e. The van der Waals surface area contributed by atoms with E-state index in [4.69, 9.17) is 11.6 Å². The second-order valence-corrected chi connectivity index (χ2v) is 12.6. The molecule has 4 rings (SSSR count). The molecular formula is C33H31ClF3N3O4S. The summed E-state index contributed by atoms with van der Waals surface area (Å²) in [5, 5.41) is 1.96. The number of benzene rings is 4. The second kappa shape index (κ2) is 14.2. The molecule has 0 aliphatic carbocycles. The van der Waals surface area contributed by atoms with Gasteiger partial charge < -0.3 is 10.2 Å². The maximum Gasteiger partial charge on any atom is 0.417 e. The number of halogens is 4. The molecule has 0 radical (unpaired) electrons. The molecule has 236 valence electrons. The third kappa shape index (κ3) is 8.23. The van der Waals surface area contributed by atoms with Crippen LogP contribution in [0.15, 0.2) is 108 Å². The van der Waals surface area contributed by atoms with Gasteiger partial charge in [-0.05, 0) is 48.4 Å². The van der Waals surface area contributed by atoms with Crippen LogP contribution in [0.25, 0.3) is 0 Å². The number of likely N-dealkylation sites (N-methyl/N-ethyl adjacent to an activating group) is 1. The Morgan fingerprint density at radius 1 is 0.867 bits per heavy atom. The number of aryl methyl sites for hydroxylation is 1.